The molecule has 0 bridgehead atoms. The van der Waals surface area contributed by atoms with Gasteiger partial charge in [0.2, 0.25) is 0 Å². The Bertz CT molecular complexity index is 538. The summed E-state index contributed by atoms with van der Waals surface area (Å²) in [6.45, 7) is 0.471. The molecule has 2 N–H and O–H groups in total. The van der Waals surface area contributed by atoms with Crippen molar-refractivity contribution in [3.05, 3.63) is 71.3 Å². The lowest BCUT2D eigenvalue weighted by molar-refractivity contribution is 0.0950. The van der Waals surface area contributed by atoms with Crippen LogP contribution in [-0.2, 0) is 6.42 Å². The lowest BCUT2D eigenvalue weighted by atomic mass is 9.99. The molecule has 0 atom stereocenters. The monoisotopic (exact) mass is 270 g/mol. The van der Waals surface area contributed by atoms with Gasteiger partial charge in [0.1, 0.15) is 0 Å². The minimum atomic E-state index is -0.0409. The summed E-state index contributed by atoms with van der Waals surface area (Å²) in [5, 5.41) is 5.73. The van der Waals surface area contributed by atoms with Crippen molar-refractivity contribution < 1.29 is 4.79 Å². The minimum Gasteiger partial charge on any atom is -0.339 e. The van der Waals surface area contributed by atoms with E-state index in [9.17, 15) is 4.79 Å². The molecule has 0 heterocycles. The third kappa shape index (κ3) is 4.21. The molecule has 1 amide bonds. The molecule has 3 heteroatoms. The molecule has 20 heavy (non-hydrogen) atoms. The molecule has 0 aliphatic carbocycles. The molecule has 0 aromatic heterocycles. The van der Waals surface area contributed by atoms with Crippen LogP contribution in [0, 0.1) is 0 Å². The molecular formula is C17H22N2O. The molecule has 0 unspecified atom stereocenters. The predicted octanol–water partition coefficient (Wildman–Crippen LogP) is 2.82. The summed E-state index contributed by atoms with van der Waals surface area (Å²) < 4.78 is 0. The van der Waals surface area contributed by atoms with E-state index in [-0.39, 0.29) is 13.3 Å². The smallest absolute Gasteiger partial charge is 0.252 e. The van der Waals surface area contributed by atoms with Crippen molar-refractivity contribution in [2.45, 2.75) is 13.8 Å². The second kappa shape index (κ2) is 8.12. The van der Waals surface area contributed by atoms with Gasteiger partial charge in [-0.05, 0) is 30.7 Å². The largest absolute Gasteiger partial charge is 0.339 e. The van der Waals surface area contributed by atoms with Crippen molar-refractivity contribution >= 4 is 5.91 Å². The average molecular weight is 270 g/mol. The number of hydrogen-bond acceptors (Lipinski definition) is 2. The lowest BCUT2D eigenvalue weighted by Gasteiger charge is -2.10. The van der Waals surface area contributed by atoms with Crippen LogP contribution in [0.5, 0.6) is 0 Å². The normalized spacial score (nSPS) is 9.65. The van der Waals surface area contributed by atoms with E-state index in [1.54, 1.807) is 7.05 Å². The number of rotatable bonds is 5. The number of amides is 1. The Kier molecular flexibility index (Phi) is 6.47. The van der Waals surface area contributed by atoms with Gasteiger partial charge in [0.05, 0.1) is 6.67 Å². The van der Waals surface area contributed by atoms with Gasteiger partial charge in [-0.15, -0.1) is 0 Å². The highest BCUT2D eigenvalue weighted by molar-refractivity contribution is 5.95. The van der Waals surface area contributed by atoms with Crippen LogP contribution in [0.15, 0.2) is 54.6 Å². The van der Waals surface area contributed by atoms with Crippen LogP contribution in [0.1, 0.15) is 28.9 Å². The Labute approximate surface area is 121 Å². The maximum Gasteiger partial charge on any atom is 0.252 e. The first-order valence-electron chi connectivity index (χ1n) is 6.36. The van der Waals surface area contributed by atoms with E-state index >= 15 is 0 Å². The molecular weight excluding hydrogens is 248 g/mol. The number of hydrogen-bond donors (Lipinski definition) is 2. The molecule has 0 spiro atoms. The van der Waals surface area contributed by atoms with Gasteiger partial charge in [0, 0.05) is 5.56 Å². The summed E-state index contributed by atoms with van der Waals surface area (Å²) in [4.78, 5) is 12.1. The lowest BCUT2D eigenvalue weighted by Crippen LogP contribution is -2.32. The summed E-state index contributed by atoms with van der Waals surface area (Å²) in [6, 6.07) is 17.9. The fraction of sp³-hybridized carbons (Fsp3) is 0.235. The first-order valence-corrected chi connectivity index (χ1v) is 6.36. The van der Waals surface area contributed by atoms with Gasteiger partial charge in [-0.25, -0.2) is 0 Å². The third-order valence-corrected chi connectivity index (χ3v) is 2.93. The van der Waals surface area contributed by atoms with Crippen LogP contribution in [-0.4, -0.2) is 19.6 Å². The van der Waals surface area contributed by atoms with Crippen molar-refractivity contribution in [2.75, 3.05) is 13.7 Å². The SMILES string of the molecule is C.CNCNC(=O)c1ccccc1Cc1ccccc1. The molecule has 106 valence electrons. The van der Waals surface area contributed by atoms with E-state index in [1.807, 2.05) is 42.5 Å². The van der Waals surface area contributed by atoms with Crippen molar-refractivity contribution in [3.63, 3.8) is 0 Å². The van der Waals surface area contributed by atoms with Gasteiger partial charge in [-0.3, -0.25) is 4.79 Å². The third-order valence-electron chi connectivity index (χ3n) is 2.93. The minimum absolute atomic E-state index is 0. The van der Waals surface area contributed by atoms with Gasteiger partial charge < -0.3 is 10.6 Å². The molecule has 0 aliphatic heterocycles. The van der Waals surface area contributed by atoms with Gasteiger partial charge in [-0.1, -0.05) is 56.0 Å². The molecule has 3 nitrogen and oxygen atoms in total. The van der Waals surface area contributed by atoms with Crippen molar-refractivity contribution in [2.24, 2.45) is 0 Å². The number of benzene rings is 2. The zero-order valence-corrected chi connectivity index (χ0v) is 11.0. The van der Waals surface area contributed by atoms with Gasteiger partial charge in [0.25, 0.3) is 5.91 Å². The molecule has 2 rings (SSSR count). The standard InChI is InChI=1S/C16H18N2O.CH4/c1-17-12-18-16(19)15-10-6-5-9-14(15)11-13-7-3-2-4-8-13;/h2-10,17H,11-12H2,1H3,(H,18,19);1H4. The van der Waals surface area contributed by atoms with Crippen LogP contribution < -0.4 is 10.6 Å². The molecule has 0 fully saturated rings. The molecule has 2 aromatic rings. The maximum atomic E-state index is 12.1. The summed E-state index contributed by atoms with van der Waals surface area (Å²) in [7, 11) is 1.80. The first kappa shape index (κ1) is 15.9. The number of carbonyl (C=O) groups excluding carboxylic acids is 1. The van der Waals surface area contributed by atoms with Crippen molar-refractivity contribution in [3.8, 4) is 0 Å². The molecule has 2 aromatic carbocycles. The second-order valence-corrected chi connectivity index (χ2v) is 4.36. The second-order valence-electron chi connectivity index (χ2n) is 4.36. The molecule has 0 saturated heterocycles. The van der Waals surface area contributed by atoms with Gasteiger partial charge in [0.15, 0.2) is 0 Å². The highest BCUT2D eigenvalue weighted by Crippen LogP contribution is 2.14. The van der Waals surface area contributed by atoms with Crippen LogP contribution in [0.25, 0.3) is 0 Å². The number of carbonyl (C=O) groups is 1. The van der Waals surface area contributed by atoms with Crippen LogP contribution in [0.4, 0.5) is 0 Å². The van der Waals surface area contributed by atoms with E-state index < -0.39 is 0 Å². The van der Waals surface area contributed by atoms with E-state index in [2.05, 4.69) is 22.8 Å². The van der Waals surface area contributed by atoms with Crippen molar-refractivity contribution in [1.82, 2.24) is 10.6 Å². The van der Waals surface area contributed by atoms with Crippen molar-refractivity contribution in [1.29, 1.82) is 0 Å². The molecule has 0 saturated carbocycles. The fourth-order valence-electron chi connectivity index (χ4n) is 1.98. The Morgan fingerprint density at radius 1 is 1.00 bits per heavy atom. The summed E-state index contributed by atoms with van der Waals surface area (Å²) >= 11 is 0. The fourth-order valence-corrected chi connectivity index (χ4v) is 1.98. The van der Waals surface area contributed by atoms with E-state index in [4.69, 9.17) is 0 Å². The van der Waals surface area contributed by atoms with E-state index in [1.165, 1.54) is 5.56 Å². The number of nitrogens with one attached hydrogen (secondary N) is 2. The molecule has 0 radical (unpaired) electrons. The van der Waals surface area contributed by atoms with E-state index in [0.29, 0.717) is 6.67 Å². The highest BCUT2D eigenvalue weighted by Gasteiger charge is 2.10. The molecule has 0 aliphatic rings. The van der Waals surface area contributed by atoms with Crippen LogP contribution in [0.3, 0.4) is 0 Å². The zero-order chi connectivity index (χ0) is 13.5. The van der Waals surface area contributed by atoms with Gasteiger partial charge in [-0.2, -0.15) is 0 Å². The summed E-state index contributed by atoms with van der Waals surface area (Å²) in [6.07, 6.45) is 0.768. The summed E-state index contributed by atoms with van der Waals surface area (Å²) in [5.41, 5.74) is 2.99. The first-order chi connectivity index (χ1) is 9.31. The Hall–Kier alpha value is -2.13. The van der Waals surface area contributed by atoms with Crippen LogP contribution in [0.2, 0.25) is 0 Å². The highest BCUT2D eigenvalue weighted by atomic mass is 16.1. The van der Waals surface area contributed by atoms with Gasteiger partial charge >= 0.3 is 0 Å². The topological polar surface area (TPSA) is 41.1 Å². The van der Waals surface area contributed by atoms with Crippen LogP contribution >= 0.6 is 0 Å². The Morgan fingerprint density at radius 3 is 2.35 bits per heavy atom. The Morgan fingerprint density at radius 2 is 1.65 bits per heavy atom. The summed E-state index contributed by atoms with van der Waals surface area (Å²) in [5.74, 6) is -0.0409. The maximum absolute atomic E-state index is 12.1. The zero-order valence-electron chi connectivity index (χ0n) is 11.0. The Balaban J connectivity index is 0.00000200. The van der Waals surface area contributed by atoms with E-state index in [0.717, 1.165) is 17.5 Å². The average Bonchev–Trinajstić information content (AvgIpc) is 2.46. The predicted molar refractivity (Wildman–Crippen MR) is 83.8 cm³/mol. The quantitative estimate of drug-likeness (QED) is 0.820.